The van der Waals surface area contributed by atoms with E-state index in [0.717, 1.165) is 32.1 Å². The molecule has 114 valence electrons. The van der Waals surface area contributed by atoms with Crippen LogP contribution in [-0.4, -0.2) is 23.0 Å². The lowest BCUT2D eigenvalue weighted by Crippen LogP contribution is -2.44. The maximum Gasteiger partial charge on any atom is 0.307 e. The van der Waals surface area contributed by atoms with E-state index in [1.54, 1.807) is 0 Å². The fourth-order valence-corrected chi connectivity index (χ4v) is 3.65. The highest BCUT2D eigenvalue weighted by Crippen LogP contribution is 2.31. The Labute approximate surface area is 121 Å². The zero-order valence-corrected chi connectivity index (χ0v) is 12.3. The number of carboxylic acid groups (broad SMARTS) is 1. The zero-order chi connectivity index (χ0) is 14.4. The Hall–Kier alpha value is -1.06. The minimum atomic E-state index is -0.803. The van der Waals surface area contributed by atoms with Crippen molar-refractivity contribution in [3.05, 3.63) is 0 Å². The minimum absolute atomic E-state index is 0.0114. The van der Waals surface area contributed by atoms with Crippen molar-refractivity contribution in [2.45, 2.75) is 76.7 Å². The monoisotopic (exact) mass is 281 g/mol. The standard InChI is InChI=1S/C16H27NO3/c18-15(13-10-6-7-11-14(13)16(19)20)17-12-8-4-2-1-3-5-9-12/h12-14H,1-11H2,(H,17,18)(H,19,20)/t13-,14-/m1/s1. The van der Waals surface area contributed by atoms with Crippen molar-refractivity contribution in [2.75, 3.05) is 0 Å². The highest BCUT2D eigenvalue weighted by Gasteiger charge is 2.36. The minimum Gasteiger partial charge on any atom is -0.481 e. The summed E-state index contributed by atoms with van der Waals surface area (Å²) in [6.07, 6.45) is 11.6. The lowest BCUT2D eigenvalue weighted by molar-refractivity contribution is -0.149. The molecule has 0 heterocycles. The predicted molar refractivity (Wildman–Crippen MR) is 77.3 cm³/mol. The van der Waals surface area contributed by atoms with E-state index < -0.39 is 11.9 Å². The number of hydrogen-bond acceptors (Lipinski definition) is 2. The number of aliphatic carboxylic acids is 1. The van der Waals surface area contributed by atoms with Crippen LogP contribution in [0.2, 0.25) is 0 Å². The van der Waals surface area contributed by atoms with Crippen LogP contribution < -0.4 is 5.32 Å². The summed E-state index contributed by atoms with van der Waals surface area (Å²) in [4.78, 5) is 23.7. The van der Waals surface area contributed by atoms with Gasteiger partial charge >= 0.3 is 5.97 Å². The van der Waals surface area contributed by atoms with Gasteiger partial charge in [-0.15, -0.1) is 0 Å². The number of hydrogen-bond donors (Lipinski definition) is 2. The Balaban J connectivity index is 1.89. The van der Waals surface area contributed by atoms with Crippen LogP contribution in [0.3, 0.4) is 0 Å². The molecule has 2 aliphatic rings. The van der Waals surface area contributed by atoms with Crippen molar-refractivity contribution < 1.29 is 14.7 Å². The van der Waals surface area contributed by atoms with Gasteiger partial charge in [0.1, 0.15) is 0 Å². The summed E-state index contributed by atoms with van der Waals surface area (Å²) in [5.74, 6) is -1.60. The first kappa shape index (κ1) is 15.3. The van der Waals surface area contributed by atoms with Gasteiger partial charge in [-0.05, 0) is 25.7 Å². The van der Waals surface area contributed by atoms with Gasteiger partial charge in [0.2, 0.25) is 5.91 Å². The number of carbonyl (C=O) groups excluding carboxylic acids is 1. The van der Waals surface area contributed by atoms with E-state index in [1.807, 2.05) is 0 Å². The van der Waals surface area contributed by atoms with Gasteiger partial charge in [-0.1, -0.05) is 44.9 Å². The van der Waals surface area contributed by atoms with Crippen LogP contribution in [0.15, 0.2) is 0 Å². The summed E-state index contributed by atoms with van der Waals surface area (Å²) in [5, 5.41) is 12.4. The molecule has 2 rings (SSSR count). The molecular weight excluding hydrogens is 254 g/mol. The average Bonchev–Trinajstić information content (AvgIpc) is 2.41. The Morgan fingerprint density at radius 3 is 1.85 bits per heavy atom. The largest absolute Gasteiger partial charge is 0.481 e. The lowest BCUT2D eigenvalue weighted by atomic mass is 9.78. The Bertz CT molecular complexity index is 335. The van der Waals surface area contributed by atoms with E-state index in [9.17, 15) is 14.7 Å². The Kier molecular flexibility index (Phi) is 5.86. The van der Waals surface area contributed by atoms with Crippen molar-refractivity contribution in [3.63, 3.8) is 0 Å². The molecule has 2 saturated carbocycles. The van der Waals surface area contributed by atoms with Gasteiger partial charge in [0.25, 0.3) is 0 Å². The van der Waals surface area contributed by atoms with Gasteiger partial charge in [0, 0.05) is 6.04 Å². The number of nitrogens with one attached hydrogen (secondary N) is 1. The van der Waals surface area contributed by atoms with Crippen molar-refractivity contribution in [1.82, 2.24) is 5.32 Å². The summed E-state index contributed by atoms with van der Waals surface area (Å²) >= 11 is 0. The molecule has 0 bridgehead atoms. The lowest BCUT2D eigenvalue weighted by Gasteiger charge is -2.30. The molecule has 0 spiro atoms. The van der Waals surface area contributed by atoms with Crippen LogP contribution in [0.25, 0.3) is 0 Å². The maximum absolute atomic E-state index is 12.4. The van der Waals surface area contributed by atoms with Gasteiger partial charge in [0.15, 0.2) is 0 Å². The normalized spacial score (nSPS) is 29.2. The van der Waals surface area contributed by atoms with Crippen LogP contribution in [0.4, 0.5) is 0 Å². The van der Waals surface area contributed by atoms with Crippen molar-refractivity contribution >= 4 is 11.9 Å². The maximum atomic E-state index is 12.4. The molecule has 2 atom stereocenters. The average molecular weight is 281 g/mol. The van der Waals surface area contributed by atoms with E-state index in [4.69, 9.17) is 0 Å². The zero-order valence-electron chi connectivity index (χ0n) is 12.3. The highest BCUT2D eigenvalue weighted by molar-refractivity contribution is 5.85. The fraction of sp³-hybridized carbons (Fsp3) is 0.875. The molecule has 0 radical (unpaired) electrons. The predicted octanol–water partition coefficient (Wildman–Crippen LogP) is 3.11. The van der Waals surface area contributed by atoms with E-state index in [0.29, 0.717) is 6.42 Å². The molecule has 0 unspecified atom stereocenters. The highest BCUT2D eigenvalue weighted by atomic mass is 16.4. The topological polar surface area (TPSA) is 66.4 Å². The van der Waals surface area contributed by atoms with Crippen LogP contribution in [-0.2, 0) is 9.59 Å². The second-order valence-corrected chi connectivity index (χ2v) is 6.39. The summed E-state index contributed by atoms with van der Waals surface area (Å²) in [7, 11) is 0. The SMILES string of the molecule is O=C(O)[C@@H]1CCCC[C@H]1C(=O)NC1CCCCCCC1. The first-order chi connectivity index (χ1) is 9.68. The van der Waals surface area contributed by atoms with E-state index in [2.05, 4.69) is 5.32 Å². The molecule has 2 N–H and O–H groups in total. The third-order valence-electron chi connectivity index (χ3n) is 4.87. The van der Waals surface area contributed by atoms with Gasteiger partial charge in [-0.3, -0.25) is 9.59 Å². The van der Waals surface area contributed by atoms with Gasteiger partial charge in [-0.25, -0.2) is 0 Å². The third kappa shape index (κ3) is 4.22. The first-order valence-electron chi connectivity index (χ1n) is 8.21. The molecule has 0 aliphatic heterocycles. The quantitative estimate of drug-likeness (QED) is 0.835. The van der Waals surface area contributed by atoms with E-state index >= 15 is 0 Å². The Morgan fingerprint density at radius 1 is 0.750 bits per heavy atom. The second kappa shape index (κ2) is 7.65. The number of rotatable bonds is 3. The molecule has 4 heteroatoms. The Morgan fingerprint density at radius 2 is 1.25 bits per heavy atom. The van der Waals surface area contributed by atoms with Crippen LogP contribution in [0.1, 0.15) is 70.6 Å². The van der Waals surface area contributed by atoms with Crippen molar-refractivity contribution in [2.24, 2.45) is 11.8 Å². The van der Waals surface area contributed by atoms with E-state index in [1.165, 1.54) is 32.1 Å². The molecular formula is C16H27NO3. The second-order valence-electron chi connectivity index (χ2n) is 6.39. The number of carbonyl (C=O) groups is 2. The molecule has 2 aliphatic carbocycles. The van der Waals surface area contributed by atoms with Gasteiger partial charge < -0.3 is 10.4 Å². The third-order valence-corrected chi connectivity index (χ3v) is 4.87. The van der Waals surface area contributed by atoms with Crippen molar-refractivity contribution in [3.8, 4) is 0 Å². The molecule has 0 aromatic carbocycles. The first-order valence-corrected chi connectivity index (χ1v) is 8.21. The molecule has 20 heavy (non-hydrogen) atoms. The van der Waals surface area contributed by atoms with Crippen molar-refractivity contribution in [1.29, 1.82) is 0 Å². The molecule has 0 saturated heterocycles. The summed E-state index contributed by atoms with van der Waals surface area (Å²) in [6, 6.07) is 0.263. The summed E-state index contributed by atoms with van der Waals surface area (Å²) in [5.41, 5.74) is 0. The fourth-order valence-electron chi connectivity index (χ4n) is 3.65. The van der Waals surface area contributed by atoms with Gasteiger partial charge in [0.05, 0.1) is 11.8 Å². The molecule has 0 aromatic rings. The van der Waals surface area contributed by atoms with Gasteiger partial charge in [-0.2, -0.15) is 0 Å². The van der Waals surface area contributed by atoms with Crippen LogP contribution in [0, 0.1) is 11.8 Å². The smallest absolute Gasteiger partial charge is 0.307 e. The number of carboxylic acids is 1. The molecule has 1 amide bonds. The van der Waals surface area contributed by atoms with Crippen LogP contribution >= 0.6 is 0 Å². The summed E-state index contributed by atoms with van der Waals surface area (Å²) < 4.78 is 0. The van der Waals surface area contributed by atoms with E-state index in [-0.39, 0.29) is 17.9 Å². The molecule has 0 aromatic heterocycles. The summed E-state index contributed by atoms with van der Waals surface area (Å²) in [6.45, 7) is 0. The number of amides is 1. The molecule has 4 nitrogen and oxygen atoms in total. The molecule has 2 fully saturated rings. The van der Waals surface area contributed by atoms with Crippen LogP contribution in [0.5, 0.6) is 0 Å².